The Bertz CT molecular complexity index is 299. The van der Waals surface area contributed by atoms with Crippen molar-refractivity contribution in [2.75, 3.05) is 6.54 Å². The summed E-state index contributed by atoms with van der Waals surface area (Å²) < 4.78 is 2.38. The highest BCUT2D eigenvalue weighted by molar-refractivity contribution is 5.18. The third-order valence-corrected chi connectivity index (χ3v) is 2.85. The van der Waals surface area contributed by atoms with E-state index in [1.807, 2.05) is 0 Å². The predicted octanol–water partition coefficient (Wildman–Crippen LogP) is 2.02. The van der Waals surface area contributed by atoms with E-state index in [0.29, 0.717) is 6.04 Å². The van der Waals surface area contributed by atoms with E-state index in [1.165, 1.54) is 17.8 Å². The van der Waals surface area contributed by atoms with Crippen molar-refractivity contribution in [1.82, 2.24) is 9.47 Å². The first-order chi connectivity index (χ1) is 6.16. The summed E-state index contributed by atoms with van der Waals surface area (Å²) in [6.07, 6.45) is 2.26. The molecule has 72 valence electrons. The van der Waals surface area contributed by atoms with Crippen molar-refractivity contribution in [1.29, 1.82) is 0 Å². The number of rotatable bonds is 1. The molecule has 13 heavy (non-hydrogen) atoms. The van der Waals surface area contributed by atoms with E-state index in [-0.39, 0.29) is 0 Å². The van der Waals surface area contributed by atoms with Crippen molar-refractivity contribution in [2.45, 2.75) is 39.9 Å². The van der Waals surface area contributed by atoms with Crippen LogP contribution in [0.3, 0.4) is 0 Å². The van der Waals surface area contributed by atoms with Gasteiger partial charge >= 0.3 is 0 Å². The molecule has 0 fully saturated rings. The van der Waals surface area contributed by atoms with Gasteiger partial charge in [-0.3, -0.25) is 4.90 Å². The molecule has 0 spiro atoms. The van der Waals surface area contributed by atoms with E-state index >= 15 is 0 Å². The fourth-order valence-corrected chi connectivity index (χ4v) is 2.02. The largest absolute Gasteiger partial charge is 0.349 e. The lowest BCUT2D eigenvalue weighted by atomic mass is 10.2. The van der Waals surface area contributed by atoms with Gasteiger partial charge in [-0.25, -0.2) is 0 Å². The Morgan fingerprint density at radius 1 is 1.31 bits per heavy atom. The van der Waals surface area contributed by atoms with Crippen LogP contribution in [-0.4, -0.2) is 22.1 Å². The molecule has 0 radical (unpaired) electrons. The van der Waals surface area contributed by atoms with Gasteiger partial charge in [0.2, 0.25) is 0 Å². The Labute approximate surface area is 80.2 Å². The molecule has 0 amide bonds. The number of hydrogen-bond acceptors (Lipinski definition) is 1. The summed E-state index contributed by atoms with van der Waals surface area (Å²) in [6.45, 7) is 10.2. The first kappa shape index (κ1) is 8.82. The van der Waals surface area contributed by atoms with E-state index in [9.17, 15) is 0 Å². The Morgan fingerprint density at radius 2 is 2.08 bits per heavy atom. The predicted molar refractivity (Wildman–Crippen MR) is 54.7 cm³/mol. The molecule has 2 rings (SSSR count). The van der Waals surface area contributed by atoms with Gasteiger partial charge < -0.3 is 4.57 Å². The second-order valence-electron chi connectivity index (χ2n) is 4.27. The third-order valence-electron chi connectivity index (χ3n) is 2.85. The standard InChI is InChI=1S/C11H18N2/c1-9(2)12-4-5-13-7-10(3)6-11(13)8-12/h6-7,9H,4-5,8H2,1-3H3. The van der Waals surface area contributed by atoms with Crippen LogP contribution in [0.25, 0.3) is 0 Å². The fraction of sp³-hybridized carbons (Fsp3) is 0.636. The van der Waals surface area contributed by atoms with Crippen molar-refractivity contribution in [3.8, 4) is 0 Å². The normalized spacial score (nSPS) is 17.8. The lowest BCUT2D eigenvalue weighted by Crippen LogP contribution is -2.37. The lowest BCUT2D eigenvalue weighted by Gasteiger charge is -2.31. The maximum Gasteiger partial charge on any atom is 0.0390 e. The molecule has 2 heteroatoms. The number of aryl methyl sites for hydroxylation is 1. The zero-order valence-electron chi connectivity index (χ0n) is 8.75. The molecule has 2 nitrogen and oxygen atoms in total. The van der Waals surface area contributed by atoms with Crippen LogP contribution in [0.1, 0.15) is 25.1 Å². The summed E-state index contributed by atoms with van der Waals surface area (Å²) in [5.74, 6) is 0. The number of aromatic nitrogens is 1. The zero-order valence-corrected chi connectivity index (χ0v) is 8.75. The monoisotopic (exact) mass is 178 g/mol. The highest BCUT2D eigenvalue weighted by Crippen LogP contribution is 2.17. The molecule has 0 aliphatic carbocycles. The molecule has 0 saturated carbocycles. The SMILES string of the molecule is Cc1cc2n(c1)CCN(C(C)C)C2. The molecule has 1 aromatic rings. The molecule has 1 aliphatic heterocycles. The first-order valence-electron chi connectivity index (χ1n) is 5.06. The quantitative estimate of drug-likeness (QED) is 0.638. The molecule has 0 bridgehead atoms. The van der Waals surface area contributed by atoms with Crippen molar-refractivity contribution < 1.29 is 0 Å². The maximum absolute atomic E-state index is 2.52. The van der Waals surface area contributed by atoms with Gasteiger partial charge in [-0.15, -0.1) is 0 Å². The molecule has 0 aromatic carbocycles. The highest BCUT2D eigenvalue weighted by Gasteiger charge is 2.17. The van der Waals surface area contributed by atoms with Gasteiger partial charge in [0.25, 0.3) is 0 Å². The van der Waals surface area contributed by atoms with Crippen molar-refractivity contribution in [3.63, 3.8) is 0 Å². The summed E-state index contributed by atoms with van der Waals surface area (Å²) in [7, 11) is 0. The topological polar surface area (TPSA) is 8.17 Å². The molecule has 0 atom stereocenters. The summed E-state index contributed by atoms with van der Waals surface area (Å²) in [6, 6.07) is 2.97. The van der Waals surface area contributed by atoms with Crippen LogP contribution < -0.4 is 0 Å². The average molecular weight is 178 g/mol. The van der Waals surface area contributed by atoms with E-state index in [2.05, 4.69) is 42.5 Å². The van der Waals surface area contributed by atoms with Gasteiger partial charge in [0.15, 0.2) is 0 Å². The Hall–Kier alpha value is -0.760. The van der Waals surface area contributed by atoms with Crippen LogP contribution in [0.2, 0.25) is 0 Å². The van der Waals surface area contributed by atoms with Gasteiger partial charge in [0.1, 0.15) is 0 Å². The van der Waals surface area contributed by atoms with Gasteiger partial charge in [-0.05, 0) is 32.4 Å². The van der Waals surface area contributed by atoms with E-state index in [1.54, 1.807) is 0 Å². The summed E-state index contributed by atoms with van der Waals surface area (Å²) >= 11 is 0. The van der Waals surface area contributed by atoms with Crippen LogP contribution in [0.15, 0.2) is 12.3 Å². The average Bonchev–Trinajstić information content (AvgIpc) is 2.42. The summed E-state index contributed by atoms with van der Waals surface area (Å²) in [5.41, 5.74) is 2.86. The van der Waals surface area contributed by atoms with Crippen molar-refractivity contribution >= 4 is 0 Å². The second-order valence-corrected chi connectivity index (χ2v) is 4.27. The number of fused-ring (bicyclic) bond motifs is 1. The third kappa shape index (κ3) is 1.63. The molecule has 0 N–H and O–H groups in total. The van der Waals surface area contributed by atoms with Crippen LogP contribution in [0.4, 0.5) is 0 Å². The number of hydrogen-bond donors (Lipinski definition) is 0. The van der Waals surface area contributed by atoms with E-state index < -0.39 is 0 Å². The Kier molecular flexibility index (Phi) is 2.16. The van der Waals surface area contributed by atoms with Gasteiger partial charge in [0.05, 0.1) is 0 Å². The zero-order chi connectivity index (χ0) is 9.42. The first-order valence-corrected chi connectivity index (χ1v) is 5.06. The van der Waals surface area contributed by atoms with Crippen LogP contribution in [0.5, 0.6) is 0 Å². The summed E-state index contributed by atoms with van der Waals surface area (Å²) in [5, 5.41) is 0. The minimum absolute atomic E-state index is 0.670. The Balaban J connectivity index is 2.19. The smallest absolute Gasteiger partial charge is 0.0390 e. The molecule has 0 saturated heterocycles. The summed E-state index contributed by atoms with van der Waals surface area (Å²) in [4.78, 5) is 2.52. The van der Waals surface area contributed by atoms with Crippen molar-refractivity contribution in [3.05, 3.63) is 23.5 Å². The van der Waals surface area contributed by atoms with E-state index in [0.717, 1.165) is 13.1 Å². The number of nitrogens with zero attached hydrogens (tertiary/aromatic N) is 2. The fourth-order valence-electron chi connectivity index (χ4n) is 2.02. The second kappa shape index (κ2) is 3.18. The van der Waals surface area contributed by atoms with Gasteiger partial charge in [-0.1, -0.05) is 0 Å². The molecule has 1 aliphatic rings. The molecule has 1 aromatic heterocycles. The van der Waals surface area contributed by atoms with Gasteiger partial charge in [-0.2, -0.15) is 0 Å². The van der Waals surface area contributed by atoms with Gasteiger partial charge in [0, 0.05) is 37.6 Å². The van der Waals surface area contributed by atoms with Crippen LogP contribution in [-0.2, 0) is 13.1 Å². The molecular formula is C11H18N2. The van der Waals surface area contributed by atoms with Crippen LogP contribution >= 0.6 is 0 Å². The molecule has 2 heterocycles. The minimum Gasteiger partial charge on any atom is -0.349 e. The van der Waals surface area contributed by atoms with E-state index in [4.69, 9.17) is 0 Å². The highest BCUT2D eigenvalue weighted by atomic mass is 15.2. The lowest BCUT2D eigenvalue weighted by molar-refractivity contribution is 0.177. The van der Waals surface area contributed by atoms with Crippen molar-refractivity contribution in [2.24, 2.45) is 0 Å². The maximum atomic E-state index is 2.52. The van der Waals surface area contributed by atoms with Crippen LogP contribution in [0, 0.1) is 6.92 Å². The molecule has 0 unspecified atom stereocenters. The molecular weight excluding hydrogens is 160 g/mol. The minimum atomic E-state index is 0.670. The Morgan fingerprint density at radius 3 is 2.77 bits per heavy atom.